The zero-order chi connectivity index (χ0) is 23.7. The number of hydrogen-bond donors (Lipinski definition) is 1. The van der Waals surface area contributed by atoms with Gasteiger partial charge in [0, 0.05) is 30.4 Å². The molecule has 0 spiro atoms. The molecule has 4 aliphatic rings. The van der Waals surface area contributed by atoms with E-state index in [1.165, 1.54) is 25.9 Å². The van der Waals surface area contributed by atoms with Gasteiger partial charge in [-0.25, -0.2) is 0 Å². The zero-order valence-electron chi connectivity index (χ0n) is 20.4. The number of halogens is 1. The Bertz CT molecular complexity index is 1150. The van der Waals surface area contributed by atoms with E-state index in [1.54, 1.807) is 0 Å². The summed E-state index contributed by atoms with van der Waals surface area (Å²) in [5.74, 6) is 2.83. The van der Waals surface area contributed by atoms with Crippen LogP contribution in [0.4, 0.5) is 0 Å². The number of piperidine rings is 3. The Morgan fingerprint density at radius 1 is 0.889 bits per heavy atom. The van der Waals surface area contributed by atoms with Crippen LogP contribution in [0.1, 0.15) is 36.3 Å². The maximum Gasteiger partial charge on any atom is 0.232 e. The van der Waals surface area contributed by atoms with Gasteiger partial charge < -0.3 is 36.3 Å². The summed E-state index contributed by atoms with van der Waals surface area (Å²) < 4.78 is 13.1. The summed E-state index contributed by atoms with van der Waals surface area (Å²) in [6.45, 7) is 5.29. The average Bonchev–Trinajstić information content (AvgIpc) is 2.91. The van der Waals surface area contributed by atoms with Crippen LogP contribution in [0.2, 0.25) is 0 Å². The lowest BCUT2D eigenvalue weighted by Gasteiger charge is -2.53. The third-order valence-electron chi connectivity index (χ3n) is 8.16. The monoisotopic (exact) mass is 548 g/mol. The molecule has 6 heteroatoms. The fraction of sp³-hybridized carbons (Fsp3) is 0.367. The van der Waals surface area contributed by atoms with Crippen molar-refractivity contribution >= 4 is 5.91 Å². The Balaban J connectivity index is 0.00000267. The first kappa shape index (κ1) is 24.8. The van der Waals surface area contributed by atoms with Crippen LogP contribution in [0.15, 0.2) is 78.9 Å². The highest BCUT2D eigenvalue weighted by atomic mass is 79.9. The van der Waals surface area contributed by atoms with Crippen molar-refractivity contribution in [2.75, 3.05) is 32.8 Å². The molecule has 1 amide bonds. The molecule has 0 aromatic heterocycles. The van der Waals surface area contributed by atoms with E-state index in [-0.39, 0.29) is 34.8 Å². The van der Waals surface area contributed by atoms with Gasteiger partial charge in [0.2, 0.25) is 5.91 Å². The largest absolute Gasteiger partial charge is 1.00 e. The molecule has 0 aliphatic carbocycles. The smallest absolute Gasteiger partial charge is 0.232 e. The van der Waals surface area contributed by atoms with Gasteiger partial charge in [-0.3, -0.25) is 4.79 Å². The van der Waals surface area contributed by atoms with Gasteiger partial charge in [0.15, 0.2) is 0 Å². The van der Waals surface area contributed by atoms with Gasteiger partial charge >= 0.3 is 0 Å². The number of para-hydroxylation sites is 3. The molecule has 0 radical (unpaired) electrons. The van der Waals surface area contributed by atoms with Crippen LogP contribution in [-0.4, -0.2) is 49.2 Å². The number of hydrogen-bond acceptors (Lipinski definition) is 3. The van der Waals surface area contributed by atoms with Crippen molar-refractivity contribution in [3.05, 3.63) is 90.0 Å². The topological polar surface area (TPSA) is 47.6 Å². The standard InChI is InChI=1S/C30H32N2O3.BrH/c33-30(29-24-11-4-6-13-27(24)35-28-14-7-5-12-25(28)29)31-26-21-32(18-15-22(26)16-19-32)17-8-20-34-23-9-2-1-3-10-23;/h1-7,9-14,22,26,29H,8,15-21H2;1H/t22?,26-,32?;/m0./s1. The van der Waals surface area contributed by atoms with Crippen molar-refractivity contribution in [1.29, 1.82) is 0 Å². The van der Waals surface area contributed by atoms with E-state index < -0.39 is 0 Å². The van der Waals surface area contributed by atoms with Crippen LogP contribution in [-0.2, 0) is 4.79 Å². The SMILES string of the molecule is O=C(N[C@H]1C[N+]2(CCCOc3ccccc3)CCC1CC2)C1c2ccccc2Oc2ccccc21.[Br-]. The van der Waals surface area contributed by atoms with E-state index in [4.69, 9.17) is 9.47 Å². The Morgan fingerprint density at radius 3 is 2.17 bits per heavy atom. The quantitative estimate of drug-likeness (QED) is 0.363. The Morgan fingerprint density at radius 2 is 1.50 bits per heavy atom. The lowest BCUT2D eigenvalue weighted by molar-refractivity contribution is -0.944. The number of nitrogens with one attached hydrogen (secondary N) is 1. The summed E-state index contributed by atoms with van der Waals surface area (Å²) in [4.78, 5) is 13.8. The molecule has 3 aromatic carbocycles. The van der Waals surface area contributed by atoms with E-state index in [0.717, 1.165) is 59.0 Å². The molecule has 3 fully saturated rings. The molecule has 5 nitrogen and oxygen atoms in total. The number of nitrogens with zero attached hydrogens (tertiary/aromatic N) is 1. The van der Waals surface area contributed by atoms with Gasteiger partial charge in [0.25, 0.3) is 0 Å². The number of rotatable bonds is 7. The number of carbonyl (C=O) groups is 1. The Kier molecular flexibility index (Phi) is 7.35. The van der Waals surface area contributed by atoms with Gasteiger partial charge in [-0.2, -0.15) is 0 Å². The van der Waals surface area contributed by atoms with Crippen molar-refractivity contribution in [3.8, 4) is 17.2 Å². The molecule has 1 N–H and O–H groups in total. The van der Waals surface area contributed by atoms with Crippen molar-refractivity contribution < 1.29 is 35.7 Å². The van der Waals surface area contributed by atoms with Crippen LogP contribution in [0, 0.1) is 5.92 Å². The second-order valence-electron chi connectivity index (χ2n) is 10.3. The van der Waals surface area contributed by atoms with E-state index in [9.17, 15) is 4.79 Å². The predicted octanol–water partition coefficient (Wildman–Crippen LogP) is 2.12. The molecular weight excluding hydrogens is 516 g/mol. The number of fused-ring (bicyclic) bond motifs is 5. The van der Waals surface area contributed by atoms with Gasteiger partial charge in [0.05, 0.1) is 44.7 Å². The van der Waals surface area contributed by atoms with Crippen LogP contribution < -0.4 is 31.8 Å². The highest BCUT2D eigenvalue weighted by Gasteiger charge is 2.47. The third-order valence-corrected chi connectivity index (χ3v) is 8.16. The first-order valence-corrected chi connectivity index (χ1v) is 12.9. The van der Waals surface area contributed by atoms with Crippen LogP contribution in [0.3, 0.4) is 0 Å². The molecule has 4 heterocycles. The molecule has 188 valence electrons. The maximum atomic E-state index is 13.8. The van der Waals surface area contributed by atoms with Crippen LogP contribution in [0.5, 0.6) is 17.2 Å². The number of quaternary nitrogens is 1. The second-order valence-corrected chi connectivity index (χ2v) is 10.3. The van der Waals surface area contributed by atoms with Crippen molar-refractivity contribution in [1.82, 2.24) is 5.32 Å². The van der Waals surface area contributed by atoms with E-state index in [1.807, 2.05) is 78.9 Å². The van der Waals surface area contributed by atoms with E-state index in [2.05, 4.69) is 5.32 Å². The fourth-order valence-electron chi connectivity index (χ4n) is 6.33. The van der Waals surface area contributed by atoms with Gasteiger partial charge in [-0.1, -0.05) is 54.6 Å². The molecular formula is C30H33BrN2O3. The summed E-state index contributed by atoms with van der Waals surface area (Å²) >= 11 is 0. The summed E-state index contributed by atoms with van der Waals surface area (Å²) in [5, 5.41) is 3.50. The number of carbonyl (C=O) groups excluding carboxylic acids is 1. The fourth-order valence-corrected chi connectivity index (χ4v) is 6.33. The van der Waals surface area contributed by atoms with Crippen LogP contribution in [0.25, 0.3) is 0 Å². The lowest BCUT2D eigenvalue weighted by Crippen LogP contribution is -3.00. The summed E-state index contributed by atoms with van der Waals surface area (Å²) in [7, 11) is 0. The predicted molar refractivity (Wildman–Crippen MR) is 136 cm³/mol. The summed E-state index contributed by atoms with van der Waals surface area (Å²) in [6, 6.07) is 26.1. The minimum absolute atomic E-state index is 0. The third kappa shape index (κ3) is 4.89. The number of ether oxygens (including phenoxy) is 2. The highest BCUT2D eigenvalue weighted by Crippen LogP contribution is 2.44. The minimum Gasteiger partial charge on any atom is -1.00 e. The first-order valence-electron chi connectivity index (χ1n) is 12.9. The molecule has 1 atom stereocenters. The molecule has 36 heavy (non-hydrogen) atoms. The van der Waals surface area contributed by atoms with Crippen molar-refractivity contribution in [2.24, 2.45) is 5.92 Å². The number of amides is 1. The minimum atomic E-state index is -0.334. The molecule has 3 saturated heterocycles. The molecule has 7 rings (SSSR count). The zero-order valence-corrected chi connectivity index (χ0v) is 22.0. The highest BCUT2D eigenvalue weighted by molar-refractivity contribution is 5.89. The van der Waals surface area contributed by atoms with Crippen molar-refractivity contribution in [2.45, 2.75) is 31.2 Å². The average molecular weight is 550 g/mol. The van der Waals surface area contributed by atoms with Crippen molar-refractivity contribution in [3.63, 3.8) is 0 Å². The van der Waals surface area contributed by atoms with Gasteiger partial charge in [0.1, 0.15) is 17.2 Å². The van der Waals surface area contributed by atoms with Crippen LogP contribution >= 0.6 is 0 Å². The van der Waals surface area contributed by atoms with E-state index in [0.29, 0.717) is 5.92 Å². The van der Waals surface area contributed by atoms with E-state index >= 15 is 0 Å². The number of benzene rings is 3. The second kappa shape index (κ2) is 10.7. The molecule has 4 aliphatic heterocycles. The maximum absolute atomic E-state index is 13.8. The lowest BCUT2D eigenvalue weighted by atomic mass is 9.80. The molecule has 0 unspecified atom stereocenters. The molecule has 2 bridgehead atoms. The van der Waals surface area contributed by atoms with Gasteiger partial charge in [-0.15, -0.1) is 0 Å². The molecule has 3 aromatic rings. The normalized spacial score (nSPS) is 24.0. The summed E-state index contributed by atoms with van der Waals surface area (Å²) in [6.07, 6.45) is 3.40. The first-order chi connectivity index (χ1) is 17.2. The Labute approximate surface area is 223 Å². The van der Waals surface area contributed by atoms with Gasteiger partial charge in [-0.05, 0) is 30.2 Å². The Hall–Kier alpha value is -2.83. The molecule has 0 saturated carbocycles. The summed E-state index contributed by atoms with van der Waals surface area (Å²) in [5.41, 5.74) is 1.90.